The molecule has 0 N–H and O–H groups in total. The average molecular weight is 259 g/mol. The van der Waals surface area contributed by atoms with E-state index in [-0.39, 0.29) is 5.69 Å². The zero-order valence-corrected chi connectivity index (χ0v) is 10.3. The van der Waals surface area contributed by atoms with Gasteiger partial charge < -0.3 is 4.74 Å². The summed E-state index contributed by atoms with van der Waals surface area (Å²) >= 11 is 1.58. The molecule has 0 saturated carbocycles. The normalized spacial score (nSPS) is 10.7. The fourth-order valence-electron chi connectivity index (χ4n) is 1.72. The highest BCUT2D eigenvalue weighted by Gasteiger charge is 2.14. The number of hydrogen-bond donors (Lipinski definition) is 0. The van der Waals surface area contributed by atoms with Gasteiger partial charge in [-0.25, -0.2) is 14.3 Å². The average Bonchev–Trinajstić information content (AvgIpc) is 3.06. The molecule has 0 spiro atoms. The second-order valence-electron chi connectivity index (χ2n) is 3.60. The molecule has 0 saturated heterocycles. The van der Waals surface area contributed by atoms with Crippen LogP contribution in [0.5, 0.6) is 0 Å². The van der Waals surface area contributed by atoms with Crippen molar-refractivity contribution in [1.82, 2.24) is 14.6 Å². The highest BCUT2D eigenvalue weighted by atomic mass is 32.1. The zero-order chi connectivity index (χ0) is 12.5. The molecule has 5 nitrogen and oxygen atoms in total. The molecule has 0 bridgehead atoms. The lowest BCUT2D eigenvalue weighted by atomic mass is 10.3. The van der Waals surface area contributed by atoms with Crippen molar-refractivity contribution >= 4 is 23.0 Å². The topological polar surface area (TPSA) is 56.5 Å². The van der Waals surface area contributed by atoms with E-state index in [2.05, 4.69) is 10.1 Å². The summed E-state index contributed by atoms with van der Waals surface area (Å²) in [5.74, 6) is -0.448. The van der Waals surface area contributed by atoms with Gasteiger partial charge in [0.25, 0.3) is 0 Å². The van der Waals surface area contributed by atoms with Crippen LogP contribution in [-0.4, -0.2) is 27.7 Å². The summed E-state index contributed by atoms with van der Waals surface area (Å²) in [6, 6.07) is 7.37. The smallest absolute Gasteiger partial charge is 0.356 e. The van der Waals surface area contributed by atoms with Crippen LogP contribution in [0.25, 0.3) is 16.2 Å². The first kappa shape index (κ1) is 10.9. The molecule has 3 aromatic rings. The second-order valence-corrected chi connectivity index (χ2v) is 4.54. The third-order valence-corrected chi connectivity index (χ3v) is 3.42. The Labute approximate surface area is 107 Å². The molecule has 0 unspecified atom stereocenters. The minimum absolute atomic E-state index is 0.286. The number of nitrogens with zero attached hydrogens (tertiary/aromatic N) is 3. The molecule has 0 aromatic carbocycles. The van der Waals surface area contributed by atoms with Gasteiger partial charge in [0.05, 0.1) is 23.9 Å². The number of aromatic nitrogens is 3. The van der Waals surface area contributed by atoms with Crippen molar-refractivity contribution in [3.63, 3.8) is 0 Å². The summed E-state index contributed by atoms with van der Waals surface area (Å²) in [6.45, 7) is 0. The number of esters is 1. The molecule has 3 rings (SSSR count). The third kappa shape index (κ3) is 1.67. The standard InChI is InChI=1S/C12H9N3O2S/c1-17-12(16)8-7-9(10-3-2-6-18-10)15-11(14-8)4-5-13-15/h2-7H,1H3. The number of thiophene rings is 1. The van der Waals surface area contributed by atoms with Gasteiger partial charge in [0.1, 0.15) is 0 Å². The van der Waals surface area contributed by atoms with Gasteiger partial charge in [0, 0.05) is 6.07 Å². The van der Waals surface area contributed by atoms with Gasteiger partial charge >= 0.3 is 5.97 Å². The van der Waals surface area contributed by atoms with E-state index in [1.165, 1.54) is 7.11 Å². The van der Waals surface area contributed by atoms with E-state index < -0.39 is 5.97 Å². The molecule has 90 valence electrons. The first-order valence-corrected chi connectivity index (χ1v) is 6.14. The molecule has 0 aliphatic heterocycles. The Morgan fingerprint density at radius 3 is 3.06 bits per heavy atom. The summed E-state index contributed by atoms with van der Waals surface area (Å²) in [7, 11) is 1.34. The monoisotopic (exact) mass is 259 g/mol. The van der Waals surface area contributed by atoms with Crippen molar-refractivity contribution in [3.05, 3.63) is 41.5 Å². The van der Waals surface area contributed by atoms with E-state index in [0.717, 1.165) is 10.6 Å². The number of fused-ring (bicyclic) bond motifs is 1. The zero-order valence-electron chi connectivity index (χ0n) is 9.53. The van der Waals surface area contributed by atoms with E-state index in [1.807, 2.05) is 17.5 Å². The van der Waals surface area contributed by atoms with Crippen LogP contribution in [-0.2, 0) is 4.74 Å². The number of methoxy groups -OCH3 is 1. The molecule has 3 aromatic heterocycles. The van der Waals surface area contributed by atoms with Crippen LogP contribution in [0.1, 0.15) is 10.5 Å². The van der Waals surface area contributed by atoms with Gasteiger partial charge in [-0.15, -0.1) is 11.3 Å². The molecule has 6 heteroatoms. The fraction of sp³-hybridized carbons (Fsp3) is 0.0833. The van der Waals surface area contributed by atoms with Crippen LogP contribution in [0.15, 0.2) is 35.8 Å². The molecule has 18 heavy (non-hydrogen) atoms. The Morgan fingerprint density at radius 2 is 2.33 bits per heavy atom. The molecular formula is C12H9N3O2S. The molecule has 0 radical (unpaired) electrons. The van der Waals surface area contributed by atoms with Crippen LogP contribution in [0.4, 0.5) is 0 Å². The number of carbonyl (C=O) groups excluding carboxylic acids is 1. The Morgan fingerprint density at radius 1 is 1.44 bits per heavy atom. The Bertz CT molecular complexity index is 703. The molecule has 0 aliphatic rings. The predicted molar refractivity (Wildman–Crippen MR) is 67.6 cm³/mol. The van der Waals surface area contributed by atoms with Crippen LogP contribution in [0.2, 0.25) is 0 Å². The lowest BCUT2D eigenvalue weighted by Crippen LogP contribution is -2.07. The van der Waals surface area contributed by atoms with Gasteiger partial charge in [-0.05, 0) is 17.5 Å². The number of ether oxygens (including phenoxy) is 1. The molecule has 0 fully saturated rings. The first-order valence-electron chi connectivity index (χ1n) is 5.26. The summed E-state index contributed by atoms with van der Waals surface area (Å²) < 4.78 is 6.41. The van der Waals surface area contributed by atoms with E-state index in [4.69, 9.17) is 4.74 Å². The Balaban J connectivity index is 2.28. The molecule has 0 amide bonds. The van der Waals surface area contributed by atoms with Crippen molar-refractivity contribution in [2.75, 3.05) is 7.11 Å². The second kappa shape index (κ2) is 4.23. The van der Waals surface area contributed by atoms with Crippen molar-refractivity contribution in [2.45, 2.75) is 0 Å². The maximum absolute atomic E-state index is 11.6. The van der Waals surface area contributed by atoms with Crippen LogP contribution in [0, 0.1) is 0 Å². The first-order chi connectivity index (χ1) is 8.79. The minimum atomic E-state index is -0.448. The van der Waals surface area contributed by atoms with E-state index in [1.54, 1.807) is 34.2 Å². The van der Waals surface area contributed by atoms with Crippen molar-refractivity contribution in [2.24, 2.45) is 0 Å². The van der Waals surface area contributed by atoms with E-state index >= 15 is 0 Å². The summed E-state index contributed by atoms with van der Waals surface area (Å²) in [4.78, 5) is 16.8. The van der Waals surface area contributed by atoms with Gasteiger partial charge in [-0.3, -0.25) is 0 Å². The highest BCUT2D eigenvalue weighted by Crippen LogP contribution is 2.25. The molecular weight excluding hydrogens is 250 g/mol. The van der Waals surface area contributed by atoms with Crippen LogP contribution in [0.3, 0.4) is 0 Å². The summed E-state index contributed by atoms with van der Waals surface area (Å²) in [6.07, 6.45) is 1.65. The Kier molecular flexibility index (Phi) is 2.56. The van der Waals surface area contributed by atoms with Gasteiger partial charge in [0.15, 0.2) is 11.3 Å². The number of rotatable bonds is 2. The van der Waals surface area contributed by atoms with Crippen LogP contribution < -0.4 is 0 Å². The van der Waals surface area contributed by atoms with Crippen molar-refractivity contribution < 1.29 is 9.53 Å². The number of hydrogen-bond acceptors (Lipinski definition) is 5. The van der Waals surface area contributed by atoms with Gasteiger partial charge in [0.2, 0.25) is 0 Å². The van der Waals surface area contributed by atoms with E-state index in [0.29, 0.717) is 5.65 Å². The van der Waals surface area contributed by atoms with Gasteiger partial charge in [-0.2, -0.15) is 5.10 Å². The summed E-state index contributed by atoms with van der Waals surface area (Å²) in [5.41, 5.74) is 1.75. The predicted octanol–water partition coefficient (Wildman–Crippen LogP) is 2.24. The largest absolute Gasteiger partial charge is 0.464 e. The summed E-state index contributed by atoms with van der Waals surface area (Å²) in [5, 5.41) is 6.18. The lowest BCUT2D eigenvalue weighted by Gasteiger charge is -2.05. The maximum Gasteiger partial charge on any atom is 0.356 e. The quantitative estimate of drug-likeness (QED) is 0.662. The van der Waals surface area contributed by atoms with Gasteiger partial charge in [-0.1, -0.05) is 6.07 Å². The SMILES string of the molecule is COC(=O)c1cc(-c2cccs2)n2nccc2n1. The molecule has 0 aliphatic carbocycles. The lowest BCUT2D eigenvalue weighted by molar-refractivity contribution is 0.0594. The van der Waals surface area contributed by atoms with E-state index in [9.17, 15) is 4.79 Å². The van der Waals surface area contributed by atoms with Crippen molar-refractivity contribution in [3.8, 4) is 10.6 Å². The van der Waals surface area contributed by atoms with Crippen molar-refractivity contribution in [1.29, 1.82) is 0 Å². The Hall–Kier alpha value is -2.21. The molecule has 3 heterocycles. The highest BCUT2D eigenvalue weighted by molar-refractivity contribution is 7.13. The number of carbonyl (C=O) groups is 1. The maximum atomic E-state index is 11.6. The third-order valence-electron chi connectivity index (χ3n) is 2.53. The molecule has 0 atom stereocenters. The fourth-order valence-corrected chi connectivity index (χ4v) is 2.45. The minimum Gasteiger partial charge on any atom is -0.464 e. The van der Waals surface area contributed by atoms with Crippen LogP contribution >= 0.6 is 11.3 Å².